The van der Waals surface area contributed by atoms with Gasteiger partial charge in [-0.3, -0.25) is 0 Å². The highest BCUT2D eigenvalue weighted by Gasteiger charge is 2.15. The second-order valence-electron chi connectivity index (χ2n) is 4.49. The van der Waals surface area contributed by atoms with Gasteiger partial charge in [0.2, 0.25) is 5.88 Å². The molecule has 0 fully saturated rings. The number of aromatic nitrogens is 2. The molecule has 0 spiro atoms. The zero-order valence-electron chi connectivity index (χ0n) is 10.2. The minimum absolute atomic E-state index is 0.169. The Balaban J connectivity index is 2.71. The third kappa shape index (κ3) is 2.88. The average molecular weight is 211 g/mol. The summed E-state index contributed by atoms with van der Waals surface area (Å²) in [6.07, 6.45) is 1.19. The summed E-state index contributed by atoms with van der Waals surface area (Å²) in [5, 5.41) is 4.21. The molecule has 1 heterocycles. The second-order valence-corrected chi connectivity index (χ2v) is 4.49. The van der Waals surface area contributed by atoms with Crippen LogP contribution in [0.3, 0.4) is 0 Å². The van der Waals surface area contributed by atoms with Crippen LogP contribution in [0.1, 0.15) is 32.9 Å². The highest BCUT2D eigenvalue weighted by atomic mass is 16.5. The number of anilines is 1. The Morgan fingerprint density at radius 3 is 2.40 bits per heavy atom. The average Bonchev–Trinajstić information content (AvgIpc) is 2.31. The monoisotopic (exact) mass is 211 g/mol. The minimum Gasteiger partial charge on any atom is -0.473 e. The Hall–Kier alpha value is -1.19. The van der Waals surface area contributed by atoms with Gasteiger partial charge in [0.15, 0.2) is 0 Å². The lowest BCUT2D eigenvalue weighted by Crippen LogP contribution is -2.16. The van der Waals surface area contributed by atoms with E-state index in [0.717, 1.165) is 12.1 Å². The van der Waals surface area contributed by atoms with Crippen LogP contribution in [0.2, 0.25) is 0 Å². The number of nitrogens with two attached hydrogens (primary N) is 1. The zero-order valence-corrected chi connectivity index (χ0v) is 10.2. The number of rotatable bonds is 4. The molecule has 0 aliphatic heterocycles. The fourth-order valence-corrected chi connectivity index (χ4v) is 1.70. The summed E-state index contributed by atoms with van der Waals surface area (Å²) in [5.41, 5.74) is 7.34. The molecular weight excluding hydrogens is 190 g/mol. The van der Waals surface area contributed by atoms with Gasteiger partial charge in [-0.25, -0.2) is 4.68 Å². The number of aryl methyl sites for hydroxylation is 2. The first-order chi connectivity index (χ1) is 6.91. The molecule has 4 nitrogen and oxygen atoms in total. The molecule has 0 bridgehead atoms. The molecule has 86 valence electrons. The Labute approximate surface area is 91.4 Å². The first-order valence-corrected chi connectivity index (χ1v) is 5.37. The predicted molar refractivity (Wildman–Crippen MR) is 61.9 cm³/mol. The van der Waals surface area contributed by atoms with Gasteiger partial charge in [-0.1, -0.05) is 13.8 Å². The maximum atomic E-state index is 5.87. The third-order valence-electron chi connectivity index (χ3n) is 2.33. The number of hydrogen-bond acceptors (Lipinski definition) is 3. The number of nitrogens with zero attached hydrogens (tertiary/aromatic N) is 2. The summed E-state index contributed by atoms with van der Waals surface area (Å²) in [4.78, 5) is 0. The highest BCUT2D eigenvalue weighted by Crippen LogP contribution is 2.25. The molecule has 1 aromatic rings. The first-order valence-electron chi connectivity index (χ1n) is 5.37. The van der Waals surface area contributed by atoms with Crippen LogP contribution in [0, 0.1) is 12.8 Å². The van der Waals surface area contributed by atoms with Crippen molar-refractivity contribution in [2.45, 2.75) is 40.2 Å². The molecule has 0 saturated heterocycles. The molecule has 1 unspecified atom stereocenters. The summed E-state index contributed by atoms with van der Waals surface area (Å²) >= 11 is 0. The minimum atomic E-state index is 0.169. The molecule has 1 atom stereocenters. The van der Waals surface area contributed by atoms with E-state index in [1.54, 1.807) is 4.68 Å². The van der Waals surface area contributed by atoms with Crippen LogP contribution in [0.4, 0.5) is 5.69 Å². The molecule has 1 aromatic heterocycles. The van der Waals surface area contributed by atoms with Crippen molar-refractivity contribution in [3.05, 3.63) is 5.69 Å². The Bertz CT molecular complexity index is 331. The lowest BCUT2D eigenvalue weighted by Gasteiger charge is -2.16. The van der Waals surface area contributed by atoms with Gasteiger partial charge in [-0.15, -0.1) is 0 Å². The summed E-state index contributed by atoms with van der Waals surface area (Å²) < 4.78 is 7.48. The van der Waals surface area contributed by atoms with Crippen LogP contribution >= 0.6 is 0 Å². The molecule has 1 rings (SSSR count). The lowest BCUT2D eigenvalue weighted by molar-refractivity contribution is 0.178. The number of hydrogen-bond donors (Lipinski definition) is 1. The summed E-state index contributed by atoms with van der Waals surface area (Å²) in [6.45, 7) is 8.30. The molecule has 4 heteroatoms. The molecule has 0 saturated carbocycles. The Morgan fingerprint density at radius 1 is 1.40 bits per heavy atom. The normalized spacial score (nSPS) is 13.2. The van der Waals surface area contributed by atoms with Gasteiger partial charge in [0.1, 0.15) is 5.69 Å². The Morgan fingerprint density at radius 2 is 2.00 bits per heavy atom. The molecule has 0 aromatic carbocycles. The van der Waals surface area contributed by atoms with E-state index in [1.165, 1.54) is 0 Å². The van der Waals surface area contributed by atoms with Crippen molar-refractivity contribution >= 4 is 5.69 Å². The lowest BCUT2D eigenvalue weighted by atomic mass is 10.1. The van der Waals surface area contributed by atoms with Gasteiger partial charge in [0.25, 0.3) is 0 Å². The topological polar surface area (TPSA) is 53.1 Å². The van der Waals surface area contributed by atoms with Crippen molar-refractivity contribution in [2.75, 3.05) is 5.73 Å². The maximum Gasteiger partial charge on any atom is 0.236 e. The van der Waals surface area contributed by atoms with Crippen molar-refractivity contribution in [3.8, 4) is 5.88 Å². The van der Waals surface area contributed by atoms with Crippen LogP contribution in [0.15, 0.2) is 0 Å². The first kappa shape index (κ1) is 11.9. The molecule has 15 heavy (non-hydrogen) atoms. The SMILES string of the molecule is Cc1nn(C)c(OC(C)CC(C)C)c1N. The van der Waals surface area contributed by atoms with Crippen molar-refractivity contribution in [2.24, 2.45) is 13.0 Å². The van der Waals surface area contributed by atoms with E-state index >= 15 is 0 Å². The molecular formula is C11H21N3O. The standard InChI is InChI=1S/C11H21N3O/c1-7(2)6-8(3)15-11-10(12)9(4)13-14(11)5/h7-8H,6,12H2,1-5H3. The van der Waals surface area contributed by atoms with E-state index < -0.39 is 0 Å². The highest BCUT2D eigenvalue weighted by molar-refractivity contribution is 5.52. The van der Waals surface area contributed by atoms with Crippen LogP contribution in [0.5, 0.6) is 5.88 Å². The van der Waals surface area contributed by atoms with E-state index in [-0.39, 0.29) is 6.10 Å². The van der Waals surface area contributed by atoms with Gasteiger partial charge in [0, 0.05) is 7.05 Å². The summed E-state index contributed by atoms with van der Waals surface area (Å²) in [5.74, 6) is 1.30. The van der Waals surface area contributed by atoms with Gasteiger partial charge in [-0.05, 0) is 26.2 Å². The summed E-state index contributed by atoms with van der Waals surface area (Å²) in [6, 6.07) is 0. The summed E-state index contributed by atoms with van der Waals surface area (Å²) in [7, 11) is 1.85. The van der Waals surface area contributed by atoms with Gasteiger partial charge in [0.05, 0.1) is 11.8 Å². The Kier molecular flexibility index (Phi) is 3.61. The molecule has 2 N–H and O–H groups in total. The second kappa shape index (κ2) is 4.55. The van der Waals surface area contributed by atoms with Crippen molar-refractivity contribution in [1.29, 1.82) is 0 Å². The molecule has 0 aliphatic carbocycles. The van der Waals surface area contributed by atoms with Gasteiger partial charge in [-0.2, -0.15) is 5.10 Å². The van der Waals surface area contributed by atoms with E-state index in [2.05, 4.69) is 25.9 Å². The third-order valence-corrected chi connectivity index (χ3v) is 2.33. The van der Waals surface area contributed by atoms with E-state index in [1.807, 2.05) is 14.0 Å². The van der Waals surface area contributed by atoms with Crippen LogP contribution in [-0.4, -0.2) is 15.9 Å². The van der Waals surface area contributed by atoms with Crippen molar-refractivity contribution < 1.29 is 4.74 Å². The zero-order chi connectivity index (χ0) is 11.6. The van der Waals surface area contributed by atoms with Crippen LogP contribution < -0.4 is 10.5 Å². The fourth-order valence-electron chi connectivity index (χ4n) is 1.70. The smallest absolute Gasteiger partial charge is 0.236 e. The molecule has 0 radical (unpaired) electrons. The van der Waals surface area contributed by atoms with E-state index in [9.17, 15) is 0 Å². The van der Waals surface area contributed by atoms with Gasteiger partial charge < -0.3 is 10.5 Å². The molecule has 0 amide bonds. The van der Waals surface area contributed by atoms with Crippen LogP contribution in [0.25, 0.3) is 0 Å². The van der Waals surface area contributed by atoms with Crippen LogP contribution in [-0.2, 0) is 7.05 Å². The van der Waals surface area contributed by atoms with Gasteiger partial charge >= 0.3 is 0 Å². The van der Waals surface area contributed by atoms with E-state index in [0.29, 0.717) is 17.5 Å². The van der Waals surface area contributed by atoms with E-state index in [4.69, 9.17) is 10.5 Å². The molecule has 0 aliphatic rings. The van der Waals surface area contributed by atoms with Crippen molar-refractivity contribution in [3.63, 3.8) is 0 Å². The predicted octanol–water partition coefficient (Wildman–Crippen LogP) is 2.12. The number of nitrogen functional groups attached to an aromatic ring is 1. The number of ether oxygens (including phenoxy) is 1. The maximum absolute atomic E-state index is 5.87. The largest absolute Gasteiger partial charge is 0.473 e. The quantitative estimate of drug-likeness (QED) is 0.830. The fraction of sp³-hybridized carbons (Fsp3) is 0.727. The van der Waals surface area contributed by atoms with Crippen molar-refractivity contribution in [1.82, 2.24) is 9.78 Å².